The van der Waals surface area contributed by atoms with Crippen LogP contribution in [0.25, 0.3) is 10.9 Å². The van der Waals surface area contributed by atoms with Crippen molar-refractivity contribution >= 4 is 17.0 Å². The maximum atomic E-state index is 11.6. The molecule has 0 saturated heterocycles. The Morgan fingerprint density at radius 1 is 1.33 bits per heavy atom. The van der Waals surface area contributed by atoms with E-state index in [4.69, 9.17) is 4.74 Å². The van der Waals surface area contributed by atoms with E-state index in [9.17, 15) is 9.90 Å². The van der Waals surface area contributed by atoms with Crippen molar-refractivity contribution in [3.63, 3.8) is 0 Å². The number of rotatable bonds is 5. The number of ether oxygens (including phenoxy) is 1. The zero-order chi connectivity index (χ0) is 15.2. The molecule has 1 aromatic heterocycles. The fourth-order valence-corrected chi connectivity index (χ4v) is 1.80. The van der Waals surface area contributed by atoms with E-state index in [1.165, 1.54) is 0 Å². The molecule has 0 saturated carbocycles. The molecular weight excluding hydrogens is 272 g/mol. The molecule has 0 radical (unpaired) electrons. The first-order valence-electron chi connectivity index (χ1n) is 6.62. The van der Waals surface area contributed by atoms with Gasteiger partial charge >= 0.3 is 6.09 Å². The number of hydrogen-bond acceptors (Lipinski definition) is 6. The Bertz CT molecular complexity index is 631. The van der Waals surface area contributed by atoms with Crippen molar-refractivity contribution in [2.75, 3.05) is 27.2 Å². The van der Waals surface area contributed by atoms with Crippen molar-refractivity contribution in [2.45, 2.75) is 6.42 Å². The first-order valence-corrected chi connectivity index (χ1v) is 6.62. The van der Waals surface area contributed by atoms with Crippen LogP contribution in [0.4, 0.5) is 4.79 Å². The van der Waals surface area contributed by atoms with Gasteiger partial charge < -0.3 is 20.1 Å². The van der Waals surface area contributed by atoms with Crippen molar-refractivity contribution < 1.29 is 14.6 Å². The van der Waals surface area contributed by atoms with E-state index >= 15 is 0 Å². The summed E-state index contributed by atoms with van der Waals surface area (Å²) < 4.78 is 4.97. The summed E-state index contributed by atoms with van der Waals surface area (Å²) >= 11 is 0. The molecule has 0 fully saturated rings. The number of benzene rings is 1. The molecular formula is C14H18N4O3. The second-order valence-corrected chi connectivity index (χ2v) is 4.84. The Kier molecular flexibility index (Phi) is 4.89. The van der Waals surface area contributed by atoms with Crippen molar-refractivity contribution in [2.24, 2.45) is 0 Å². The molecule has 0 unspecified atom stereocenters. The van der Waals surface area contributed by atoms with Crippen LogP contribution in [0.3, 0.4) is 0 Å². The number of amides is 1. The van der Waals surface area contributed by atoms with Gasteiger partial charge in [0.1, 0.15) is 0 Å². The van der Waals surface area contributed by atoms with Crippen LogP contribution in [0.15, 0.2) is 24.3 Å². The Morgan fingerprint density at radius 3 is 2.86 bits per heavy atom. The molecule has 112 valence electrons. The van der Waals surface area contributed by atoms with E-state index in [0.29, 0.717) is 17.4 Å². The zero-order valence-corrected chi connectivity index (χ0v) is 12.0. The van der Waals surface area contributed by atoms with Crippen LogP contribution in [-0.4, -0.2) is 53.5 Å². The van der Waals surface area contributed by atoms with Crippen molar-refractivity contribution in [1.82, 2.24) is 20.4 Å². The van der Waals surface area contributed by atoms with Crippen LogP contribution in [0.2, 0.25) is 0 Å². The third kappa shape index (κ3) is 4.03. The van der Waals surface area contributed by atoms with Gasteiger partial charge in [0.25, 0.3) is 5.88 Å². The van der Waals surface area contributed by atoms with E-state index in [1.54, 1.807) is 24.3 Å². The lowest BCUT2D eigenvalue weighted by molar-refractivity contribution is 0.195. The third-order valence-electron chi connectivity index (χ3n) is 2.85. The highest BCUT2D eigenvalue weighted by molar-refractivity contribution is 5.86. The average Bonchev–Trinajstić information content (AvgIpc) is 2.47. The smallest absolute Gasteiger partial charge is 0.414 e. The third-order valence-corrected chi connectivity index (χ3v) is 2.85. The molecule has 7 nitrogen and oxygen atoms in total. The minimum atomic E-state index is -0.659. The van der Waals surface area contributed by atoms with Crippen molar-refractivity contribution in [3.05, 3.63) is 24.3 Å². The van der Waals surface area contributed by atoms with Gasteiger partial charge in [-0.25, -0.2) is 4.79 Å². The highest BCUT2D eigenvalue weighted by Crippen LogP contribution is 2.30. The highest BCUT2D eigenvalue weighted by Gasteiger charge is 2.13. The Balaban J connectivity index is 1.96. The molecule has 0 bridgehead atoms. The number of nitrogens with one attached hydrogen (secondary N) is 1. The van der Waals surface area contributed by atoms with Gasteiger partial charge in [-0.3, -0.25) is 0 Å². The summed E-state index contributed by atoms with van der Waals surface area (Å²) in [6.45, 7) is 1.35. The second kappa shape index (κ2) is 6.85. The number of carbonyl (C=O) groups excluding carboxylic acids is 1. The molecule has 7 heteroatoms. The van der Waals surface area contributed by atoms with E-state index in [0.717, 1.165) is 13.0 Å². The molecule has 21 heavy (non-hydrogen) atoms. The lowest BCUT2D eigenvalue weighted by Gasteiger charge is -2.10. The number of nitrogens with zero attached hydrogens (tertiary/aromatic N) is 3. The fraction of sp³-hybridized carbons (Fsp3) is 0.357. The second-order valence-electron chi connectivity index (χ2n) is 4.84. The standard InChI is InChI=1S/C14H18N4O3/c1-18(2)9-5-8-15-14(20)21-13-12(19)10-6-3-4-7-11(10)16-17-13/h3-4,6-7H,5,8-9H2,1-2H3,(H,15,20)(H,16,19). The topological polar surface area (TPSA) is 87.6 Å². The largest absolute Gasteiger partial charge is 0.503 e. The van der Waals surface area contributed by atoms with Crippen LogP contribution >= 0.6 is 0 Å². The van der Waals surface area contributed by atoms with Gasteiger partial charge in [-0.05, 0) is 39.2 Å². The molecule has 1 heterocycles. The first-order chi connectivity index (χ1) is 10.1. The van der Waals surface area contributed by atoms with Gasteiger partial charge in [0, 0.05) is 11.9 Å². The van der Waals surface area contributed by atoms with Crippen molar-refractivity contribution in [3.8, 4) is 11.6 Å². The minimum Gasteiger partial charge on any atom is -0.503 e. The van der Waals surface area contributed by atoms with Crippen LogP contribution in [0.1, 0.15) is 6.42 Å². The molecule has 0 aliphatic carbocycles. The number of carbonyl (C=O) groups is 1. The molecule has 0 aliphatic rings. The summed E-state index contributed by atoms with van der Waals surface area (Å²) in [6.07, 6.45) is 0.144. The normalized spacial score (nSPS) is 10.8. The predicted octanol–water partition coefficient (Wildman–Crippen LogP) is 1.38. The molecule has 1 amide bonds. The summed E-state index contributed by atoms with van der Waals surface area (Å²) in [5, 5.41) is 20.7. The Hall–Kier alpha value is -2.41. The molecule has 1 aromatic carbocycles. The van der Waals surface area contributed by atoms with E-state index in [-0.39, 0.29) is 11.6 Å². The van der Waals surface area contributed by atoms with Gasteiger partial charge in [-0.2, -0.15) is 0 Å². The SMILES string of the molecule is CN(C)CCCNC(=O)Oc1nnc2ccccc2c1O. The summed E-state index contributed by atoms with van der Waals surface area (Å²) in [6, 6.07) is 6.94. The van der Waals surface area contributed by atoms with Crippen LogP contribution in [0.5, 0.6) is 11.6 Å². The van der Waals surface area contributed by atoms with E-state index < -0.39 is 6.09 Å². The first kappa shape index (κ1) is 15.0. The van der Waals surface area contributed by atoms with Crippen LogP contribution in [-0.2, 0) is 0 Å². The molecule has 0 atom stereocenters. The number of aromatic hydroxyl groups is 1. The minimum absolute atomic E-state index is 0.191. The van der Waals surface area contributed by atoms with E-state index in [2.05, 4.69) is 15.5 Å². The quantitative estimate of drug-likeness (QED) is 0.809. The monoisotopic (exact) mass is 290 g/mol. The summed E-state index contributed by atoms with van der Waals surface area (Å²) in [5.41, 5.74) is 0.536. The lowest BCUT2D eigenvalue weighted by atomic mass is 10.2. The maximum absolute atomic E-state index is 11.6. The molecule has 2 aromatic rings. The summed E-state index contributed by atoms with van der Waals surface area (Å²) in [5.74, 6) is -0.386. The molecule has 0 aliphatic heterocycles. The molecule has 2 rings (SSSR count). The average molecular weight is 290 g/mol. The van der Waals surface area contributed by atoms with Gasteiger partial charge in [-0.1, -0.05) is 12.1 Å². The summed E-state index contributed by atoms with van der Waals surface area (Å²) in [4.78, 5) is 13.6. The van der Waals surface area contributed by atoms with Gasteiger partial charge in [0.05, 0.1) is 5.52 Å². The fourth-order valence-electron chi connectivity index (χ4n) is 1.80. The van der Waals surface area contributed by atoms with Crippen LogP contribution in [0, 0.1) is 0 Å². The lowest BCUT2D eigenvalue weighted by Crippen LogP contribution is -2.30. The highest BCUT2D eigenvalue weighted by atomic mass is 16.6. The number of aromatic nitrogens is 2. The maximum Gasteiger partial charge on any atom is 0.414 e. The van der Waals surface area contributed by atoms with E-state index in [1.807, 2.05) is 19.0 Å². The molecule has 0 spiro atoms. The van der Waals surface area contributed by atoms with Crippen LogP contribution < -0.4 is 10.1 Å². The Morgan fingerprint density at radius 2 is 2.10 bits per heavy atom. The number of fused-ring (bicyclic) bond motifs is 1. The molecule has 2 N–H and O–H groups in total. The van der Waals surface area contributed by atoms with Gasteiger partial charge in [0.2, 0.25) is 0 Å². The number of hydrogen-bond donors (Lipinski definition) is 2. The van der Waals surface area contributed by atoms with Gasteiger partial charge in [-0.15, -0.1) is 10.2 Å². The van der Waals surface area contributed by atoms with Gasteiger partial charge in [0.15, 0.2) is 5.75 Å². The summed E-state index contributed by atoms with van der Waals surface area (Å²) in [7, 11) is 3.92. The zero-order valence-electron chi connectivity index (χ0n) is 12.0. The van der Waals surface area contributed by atoms with Crippen molar-refractivity contribution in [1.29, 1.82) is 0 Å². The Labute approximate surface area is 122 Å². The predicted molar refractivity (Wildman–Crippen MR) is 78.4 cm³/mol.